The average Bonchev–Trinajstić information content (AvgIpc) is 3.10. The standard InChI is InChI=1S/C17H21ClN2O3.ClH/c18-13-5-10(6-15-17(13)23-4-3-22-15)7-16(21)20-8-11-1-2-14(19)12(11)9-20;/h5-6,11-12,14H,1-4,7-9,19H2;1H. The van der Waals surface area contributed by atoms with E-state index in [1.54, 1.807) is 6.07 Å². The Kier molecular flexibility index (Phi) is 5.13. The van der Waals surface area contributed by atoms with Crippen LogP contribution >= 0.6 is 24.0 Å². The normalized spacial score (nSPS) is 27.6. The minimum Gasteiger partial charge on any atom is -0.486 e. The van der Waals surface area contributed by atoms with Gasteiger partial charge in [-0.1, -0.05) is 11.6 Å². The van der Waals surface area contributed by atoms with Crippen LogP contribution in [0.3, 0.4) is 0 Å². The minimum atomic E-state index is 0. The molecule has 7 heteroatoms. The number of carbonyl (C=O) groups is 1. The molecule has 5 nitrogen and oxygen atoms in total. The monoisotopic (exact) mass is 372 g/mol. The van der Waals surface area contributed by atoms with Crippen molar-refractivity contribution in [3.05, 3.63) is 22.7 Å². The first kappa shape index (κ1) is 17.6. The lowest BCUT2D eigenvalue weighted by molar-refractivity contribution is -0.129. The summed E-state index contributed by atoms with van der Waals surface area (Å²) >= 11 is 6.24. The second-order valence-corrected chi connectivity index (χ2v) is 7.15. The Morgan fingerprint density at radius 2 is 2.04 bits per heavy atom. The first-order chi connectivity index (χ1) is 11.1. The number of benzene rings is 1. The molecule has 1 saturated heterocycles. The number of halogens is 2. The van der Waals surface area contributed by atoms with Crippen LogP contribution < -0.4 is 15.2 Å². The maximum atomic E-state index is 12.6. The number of likely N-dealkylation sites (tertiary alicyclic amines) is 1. The van der Waals surface area contributed by atoms with Gasteiger partial charge in [0.1, 0.15) is 13.2 Å². The number of nitrogens with zero attached hydrogens (tertiary/aromatic N) is 1. The quantitative estimate of drug-likeness (QED) is 0.864. The van der Waals surface area contributed by atoms with Crippen LogP contribution in [0.1, 0.15) is 18.4 Å². The third-order valence-corrected chi connectivity index (χ3v) is 5.56. The van der Waals surface area contributed by atoms with Gasteiger partial charge < -0.3 is 20.1 Å². The molecule has 24 heavy (non-hydrogen) atoms. The highest BCUT2D eigenvalue weighted by Crippen LogP contribution is 2.39. The van der Waals surface area contributed by atoms with Crippen molar-refractivity contribution >= 4 is 29.9 Å². The van der Waals surface area contributed by atoms with Crippen LogP contribution in [0, 0.1) is 11.8 Å². The molecule has 3 aliphatic rings. The highest BCUT2D eigenvalue weighted by atomic mass is 35.5. The molecule has 0 aromatic heterocycles. The van der Waals surface area contributed by atoms with E-state index < -0.39 is 0 Å². The number of ether oxygens (including phenoxy) is 2. The molecule has 0 bridgehead atoms. The fourth-order valence-corrected chi connectivity index (χ4v) is 4.35. The number of hydrogen-bond donors (Lipinski definition) is 1. The van der Waals surface area contributed by atoms with Crippen LogP contribution in [0.15, 0.2) is 12.1 Å². The number of carbonyl (C=O) groups excluding carboxylic acids is 1. The Morgan fingerprint density at radius 3 is 2.83 bits per heavy atom. The zero-order valence-electron chi connectivity index (χ0n) is 13.4. The van der Waals surface area contributed by atoms with Gasteiger partial charge in [0.2, 0.25) is 5.91 Å². The molecular formula is C17H22Cl2N2O3. The van der Waals surface area contributed by atoms with Gasteiger partial charge in [0.05, 0.1) is 11.4 Å². The zero-order chi connectivity index (χ0) is 16.0. The third-order valence-electron chi connectivity index (χ3n) is 5.28. The van der Waals surface area contributed by atoms with Gasteiger partial charge in [0.15, 0.2) is 11.5 Å². The molecule has 1 amide bonds. The van der Waals surface area contributed by atoms with Crippen molar-refractivity contribution in [3.8, 4) is 11.5 Å². The average molecular weight is 373 g/mol. The molecule has 1 saturated carbocycles. The Balaban J connectivity index is 0.00000169. The number of fused-ring (bicyclic) bond motifs is 2. The SMILES string of the molecule is Cl.NC1CCC2CN(C(=O)Cc3cc(Cl)c4c(c3)OCCO4)CC12. The van der Waals surface area contributed by atoms with Gasteiger partial charge >= 0.3 is 0 Å². The second kappa shape index (κ2) is 6.98. The van der Waals surface area contributed by atoms with E-state index in [0.29, 0.717) is 48.0 Å². The van der Waals surface area contributed by atoms with E-state index in [1.807, 2.05) is 11.0 Å². The predicted octanol–water partition coefficient (Wildman–Crippen LogP) is 2.27. The van der Waals surface area contributed by atoms with Crippen LogP contribution in [0.4, 0.5) is 0 Å². The van der Waals surface area contributed by atoms with E-state index in [0.717, 1.165) is 31.5 Å². The topological polar surface area (TPSA) is 64.8 Å². The summed E-state index contributed by atoms with van der Waals surface area (Å²) in [5.41, 5.74) is 7.01. The molecule has 132 valence electrons. The summed E-state index contributed by atoms with van der Waals surface area (Å²) in [5, 5.41) is 0.505. The van der Waals surface area contributed by atoms with E-state index in [-0.39, 0.29) is 24.4 Å². The van der Waals surface area contributed by atoms with Crippen molar-refractivity contribution in [2.75, 3.05) is 26.3 Å². The maximum absolute atomic E-state index is 12.6. The lowest BCUT2D eigenvalue weighted by atomic mass is 9.98. The van der Waals surface area contributed by atoms with Crippen LogP contribution in [0.2, 0.25) is 5.02 Å². The number of rotatable bonds is 2. The van der Waals surface area contributed by atoms with Crippen molar-refractivity contribution < 1.29 is 14.3 Å². The Hall–Kier alpha value is -1.17. The largest absolute Gasteiger partial charge is 0.486 e. The highest BCUT2D eigenvalue weighted by molar-refractivity contribution is 6.32. The van der Waals surface area contributed by atoms with E-state index >= 15 is 0 Å². The van der Waals surface area contributed by atoms with Gasteiger partial charge in [-0.15, -0.1) is 12.4 Å². The summed E-state index contributed by atoms with van der Waals surface area (Å²) < 4.78 is 11.1. The van der Waals surface area contributed by atoms with Crippen molar-refractivity contribution in [3.63, 3.8) is 0 Å². The smallest absolute Gasteiger partial charge is 0.227 e. The van der Waals surface area contributed by atoms with Gasteiger partial charge in [-0.2, -0.15) is 0 Å². The summed E-state index contributed by atoms with van der Waals surface area (Å²) in [7, 11) is 0. The Labute approximate surface area is 152 Å². The van der Waals surface area contributed by atoms with Gasteiger partial charge in [-0.3, -0.25) is 4.79 Å². The minimum absolute atomic E-state index is 0. The molecule has 2 aliphatic heterocycles. The molecule has 4 rings (SSSR count). The van der Waals surface area contributed by atoms with Crippen LogP contribution in [-0.2, 0) is 11.2 Å². The fourth-order valence-electron chi connectivity index (χ4n) is 4.06. The highest BCUT2D eigenvalue weighted by Gasteiger charge is 2.42. The van der Waals surface area contributed by atoms with Gasteiger partial charge in [0.25, 0.3) is 0 Å². The summed E-state index contributed by atoms with van der Waals surface area (Å²) in [5.74, 6) is 2.41. The molecule has 2 heterocycles. The molecule has 2 fully saturated rings. The van der Waals surface area contributed by atoms with Crippen molar-refractivity contribution in [2.45, 2.75) is 25.3 Å². The lowest BCUT2D eigenvalue weighted by Gasteiger charge is -2.21. The summed E-state index contributed by atoms with van der Waals surface area (Å²) in [6, 6.07) is 3.91. The van der Waals surface area contributed by atoms with E-state index in [4.69, 9.17) is 26.8 Å². The predicted molar refractivity (Wildman–Crippen MR) is 94.2 cm³/mol. The fraction of sp³-hybridized carbons (Fsp3) is 0.588. The van der Waals surface area contributed by atoms with E-state index in [1.165, 1.54) is 0 Å². The number of hydrogen-bond acceptors (Lipinski definition) is 4. The molecule has 0 radical (unpaired) electrons. The van der Waals surface area contributed by atoms with Gasteiger partial charge in [0, 0.05) is 19.1 Å². The van der Waals surface area contributed by atoms with Crippen molar-refractivity contribution in [1.82, 2.24) is 4.90 Å². The molecule has 1 aromatic rings. The van der Waals surface area contributed by atoms with Crippen molar-refractivity contribution in [1.29, 1.82) is 0 Å². The number of nitrogens with two attached hydrogens (primary N) is 1. The molecule has 0 spiro atoms. The van der Waals surface area contributed by atoms with Crippen LogP contribution in [0.5, 0.6) is 11.5 Å². The van der Waals surface area contributed by atoms with E-state index in [9.17, 15) is 4.79 Å². The summed E-state index contributed by atoms with van der Waals surface area (Å²) in [6.45, 7) is 2.65. The molecule has 3 atom stereocenters. The summed E-state index contributed by atoms with van der Waals surface area (Å²) in [6.07, 6.45) is 2.58. The number of amides is 1. The van der Waals surface area contributed by atoms with Crippen LogP contribution in [-0.4, -0.2) is 43.2 Å². The molecular weight excluding hydrogens is 351 g/mol. The molecule has 1 aromatic carbocycles. The molecule has 2 N–H and O–H groups in total. The Morgan fingerprint density at radius 1 is 1.25 bits per heavy atom. The van der Waals surface area contributed by atoms with Crippen LogP contribution in [0.25, 0.3) is 0 Å². The molecule has 1 aliphatic carbocycles. The first-order valence-corrected chi connectivity index (χ1v) is 8.61. The summed E-state index contributed by atoms with van der Waals surface area (Å²) in [4.78, 5) is 14.6. The van der Waals surface area contributed by atoms with Gasteiger partial charge in [-0.05, 0) is 42.4 Å². The third kappa shape index (κ3) is 3.17. The van der Waals surface area contributed by atoms with E-state index in [2.05, 4.69) is 0 Å². The maximum Gasteiger partial charge on any atom is 0.227 e. The second-order valence-electron chi connectivity index (χ2n) is 6.74. The first-order valence-electron chi connectivity index (χ1n) is 8.23. The van der Waals surface area contributed by atoms with Crippen molar-refractivity contribution in [2.24, 2.45) is 17.6 Å². The molecule has 3 unspecified atom stereocenters. The zero-order valence-corrected chi connectivity index (χ0v) is 14.9. The Bertz CT molecular complexity index is 641. The lowest BCUT2D eigenvalue weighted by Crippen LogP contribution is -2.34. The van der Waals surface area contributed by atoms with Gasteiger partial charge in [-0.25, -0.2) is 0 Å².